The third-order valence-corrected chi connectivity index (χ3v) is 2.95. The second-order valence-electron chi connectivity index (χ2n) is 5.72. The van der Waals surface area contributed by atoms with Crippen molar-refractivity contribution in [1.82, 2.24) is 5.32 Å². The van der Waals surface area contributed by atoms with Gasteiger partial charge in [0.25, 0.3) is 0 Å². The van der Waals surface area contributed by atoms with Gasteiger partial charge in [0.2, 0.25) is 0 Å². The topological polar surface area (TPSA) is 64.3 Å². The van der Waals surface area contributed by atoms with Crippen LogP contribution in [0, 0.1) is 13.8 Å². The number of benzene rings is 1. The molecule has 106 valence electrons. The number of nitrogens with one attached hydrogen (secondary N) is 1. The molecule has 0 fully saturated rings. The van der Waals surface area contributed by atoms with E-state index in [-0.39, 0.29) is 6.04 Å². The van der Waals surface area contributed by atoms with Gasteiger partial charge in [-0.1, -0.05) is 18.2 Å². The fourth-order valence-corrected chi connectivity index (χ4v) is 1.86. The monoisotopic (exact) mass is 264 g/mol. The van der Waals surface area contributed by atoms with Gasteiger partial charge in [-0.15, -0.1) is 0 Å². The number of hydrogen-bond acceptors (Lipinski definition) is 3. The lowest BCUT2D eigenvalue weighted by molar-refractivity contribution is 0.0505. The van der Waals surface area contributed by atoms with E-state index in [0.717, 1.165) is 11.1 Å². The molecule has 0 spiro atoms. The predicted molar refractivity (Wildman–Crippen MR) is 77.1 cm³/mol. The van der Waals surface area contributed by atoms with E-state index >= 15 is 0 Å². The normalized spacial score (nSPS) is 12.9. The maximum Gasteiger partial charge on any atom is 0.408 e. The second-order valence-corrected chi connectivity index (χ2v) is 5.72. The molecule has 0 aliphatic heterocycles. The number of aryl methyl sites for hydroxylation is 1. The lowest BCUT2D eigenvalue weighted by atomic mass is 9.97. The third kappa shape index (κ3) is 4.56. The molecule has 0 radical (unpaired) electrons. The summed E-state index contributed by atoms with van der Waals surface area (Å²) in [6.07, 6.45) is -0.441. The minimum absolute atomic E-state index is 0.227. The first kappa shape index (κ1) is 15.5. The molecule has 0 aliphatic carbocycles. The summed E-state index contributed by atoms with van der Waals surface area (Å²) in [6.45, 7) is 9.92. The Labute approximate surface area is 115 Å². The fraction of sp³-hybridized carbons (Fsp3) is 0.533. The summed E-state index contributed by atoms with van der Waals surface area (Å²) in [5, 5.41) is 2.82. The van der Waals surface area contributed by atoms with Gasteiger partial charge in [-0.25, -0.2) is 4.79 Å². The Kier molecular flexibility index (Phi) is 4.95. The molecule has 1 aromatic carbocycles. The molecule has 19 heavy (non-hydrogen) atoms. The molecule has 0 bridgehead atoms. The van der Waals surface area contributed by atoms with E-state index in [1.165, 1.54) is 5.56 Å². The number of hydrogen-bond donors (Lipinski definition) is 2. The number of alkyl carbamates (subject to hydrolysis) is 1. The molecule has 1 aromatic rings. The second kappa shape index (κ2) is 6.06. The summed E-state index contributed by atoms with van der Waals surface area (Å²) in [7, 11) is 0. The molecule has 1 rings (SSSR count). The van der Waals surface area contributed by atoms with Crippen LogP contribution in [-0.4, -0.2) is 18.2 Å². The Morgan fingerprint density at radius 2 is 2.00 bits per heavy atom. The van der Waals surface area contributed by atoms with Crippen LogP contribution in [0.25, 0.3) is 0 Å². The predicted octanol–water partition coefficient (Wildman–Crippen LogP) is 2.83. The van der Waals surface area contributed by atoms with Crippen molar-refractivity contribution in [2.75, 3.05) is 6.54 Å². The molecule has 1 unspecified atom stereocenters. The molecule has 0 heterocycles. The van der Waals surface area contributed by atoms with E-state index in [9.17, 15) is 4.79 Å². The van der Waals surface area contributed by atoms with Gasteiger partial charge in [-0.3, -0.25) is 0 Å². The van der Waals surface area contributed by atoms with Crippen LogP contribution >= 0.6 is 0 Å². The largest absolute Gasteiger partial charge is 0.444 e. The van der Waals surface area contributed by atoms with Crippen molar-refractivity contribution in [3.8, 4) is 0 Å². The van der Waals surface area contributed by atoms with E-state index in [1.807, 2.05) is 52.8 Å². The molecule has 0 aromatic heterocycles. The van der Waals surface area contributed by atoms with Crippen molar-refractivity contribution in [1.29, 1.82) is 0 Å². The van der Waals surface area contributed by atoms with Gasteiger partial charge in [0.05, 0.1) is 6.04 Å². The molecule has 0 saturated carbocycles. The van der Waals surface area contributed by atoms with Crippen LogP contribution in [0.3, 0.4) is 0 Å². The highest BCUT2D eigenvalue weighted by atomic mass is 16.6. The number of carbonyl (C=O) groups excluding carboxylic acids is 1. The van der Waals surface area contributed by atoms with Gasteiger partial charge in [0.15, 0.2) is 0 Å². The summed E-state index contributed by atoms with van der Waals surface area (Å²) >= 11 is 0. The zero-order valence-corrected chi connectivity index (χ0v) is 12.4. The molecular weight excluding hydrogens is 240 g/mol. The molecule has 0 aliphatic rings. The van der Waals surface area contributed by atoms with Crippen molar-refractivity contribution in [3.63, 3.8) is 0 Å². The van der Waals surface area contributed by atoms with Gasteiger partial charge < -0.3 is 15.8 Å². The van der Waals surface area contributed by atoms with Gasteiger partial charge >= 0.3 is 6.09 Å². The lowest BCUT2D eigenvalue weighted by Crippen LogP contribution is -2.38. The lowest BCUT2D eigenvalue weighted by Gasteiger charge is -2.24. The van der Waals surface area contributed by atoms with Crippen LogP contribution < -0.4 is 11.1 Å². The summed E-state index contributed by atoms with van der Waals surface area (Å²) in [5.74, 6) is 0. The van der Waals surface area contributed by atoms with Gasteiger partial charge in [-0.05, 0) is 51.3 Å². The van der Waals surface area contributed by atoms with Gasteiger partial charge in [0.1, 0.15) is 5.60 Å². The Morgan fingerprint density at radius 1 is 1.37 bits per heavy atom. The average molecular weight is 264 g/mol. The molecule has 4 heteroatoms. The third-order valence-electron chi connectivity index (χ3n) is 2.95. The smallest absolute Gasteiger partial charge is 0.408 e. The number of nitrogens with two attached hydrogens (primary N) is 1. The highest BCUT2D eigenvalue weighted by Gasteiger charge is 2.20. The fourth-order valence-electron chi connectivity index (χ4n) is 1.86. The minimum Gasteiger partial charge on any atom is -0.444 e. The highest BCUT2D eigenvalue weighted by Crippen LogP contribution is 2.20. The molecular formula is C15H24N2O2. The van der Waals surface area contributed by atoms with Crippen molar-refractivity contribution in [3.05, 3.63) is 34.9 Å². The molecule has 3 N–H and O–H groups in total. The number of ether oxygens (including phenoxy) is 1. The Morgan fingerprint density at radius 3 is 2.53 bits per heavy atom. The first-order valence-electron chi connectivity index (χ1n) is 6.50. The zero-order valence-electron chi connectivity index (χ0n) is 12.4. The van der Waals surface area contributed by atoms with Crippen LogP contribution in [0.5, 0.6) is 0 Å². The van der Waals surface area contributed by atoms with Crippen molar-refractivity contribution in [2.45, 2.75) is 46.3 Å². The van der Waals surface area contributed by atoms with Crippen molar-refractivity contribution >= 4 is 6.09 Å². The van der Waals surface area contributed by atoms with Crippen LogP contribution in [-0.2, 0) is 4.74 Å². The van der Waals surface area contributed by atoms with Crippen LogP contribution in [0.15, 0.2) is 18.2 Å². The van der Waals surface area contributed by atoms with Crippen molar-refractivity contribution < 1.29 is 9.53 Å². The summed E-state index contributed by atoms with van der Waals surface area (Å²) in [6, 6.07) is 5.77. The maximum atomic E-state index is 11.8. The summed E-state index contributed by atoms with van der Waals surface area (Å²) in [5.41, 5.74) is 8.62. The first-order valence-corrected chi connectivity index (χ1v) is 6.50. The summed E-state index contributed by atoms with van der Waals surface area (Å²) in [4.78, 5) is 11.8. The standard InChI is InChI=1S/C15H24N2O2/c1-10-7-6-8-12(11(10)2)13(9-16)17-14(18)19-15(3,4)5/h6-8,13H,9,16H2,1-5H3,(H,17,18). The quantitative estimate of drug-likeness (QED) is 0.882. The first-order chi connectivity index (χ1) is 8.74. The van der Waals surface area contributed by atoms with E-state index in [2.05, 4.69) is 5.32 Å². The number of amides is 1. The Hall–Kier alpha value is -1.55. The van der Waals surface area contributed by atoms with E-state index in [4.69, 9.17) is 10.5 Å². The Balaban J connectivity index is 2.84. The molecule has 1 amide bonds. The van der Waals surface area contributed by atoms with Crippen LogP contribution in [0.2, 0.25) is 0 Å². The molecule has 4 nitrogen and oxygen atoms in total. The zero-order chi connectivity index (χ0) is 14.6. The van der Waals surface area contributed by atoms with E-state index in [0.29, 0.717) is 6.54 Å². The Bertz CT molecular complexity index is 450. The van der Waals surface area contributed by atoms with Gasteiger partial charge in [-0.2, -0.15) is 0 Å². The van der Waals surface area contributed by atoms with Gasteiger partial charge in [0, 0.05) is 6.54 Å². The SMILES string of the molecule is Cc1cccc(C(CN)NC(=O)OC(C)(C)C)c1C. The minimum atomic E-state index is -0.509. The highest BCUT2D eigenvalue weighted by molar-refractivity contribution is 5.68. The van der Waals surface area contributed by atoms with E-state index < -0.39 is 11.7 Å². The maximum absolute atomic E-state index is 11.8. The van der Waals surface area contributed by atoms with E-state index in [1.54, 1.807) is 0 Å². The van der Waals surface area contributed by atoms with Crippen molar-refractivity contribution in [2.24, 2.45) is 5.73 Å². The van der Waals surface area contributed by atoms with Crippen LogP contribution in [0.4, 0.5) is 4.79 Å². The average Bonchev–Trinajstić information content (AvgIpc) is 2.27. The molecule has 1 atom stereocenters. The summed E-state index contributed by atoms with van der Waals surface area (Å²) < 4.78 is 5.26. The molecule has 0 saturated heterocycles. The van der Waals surface area contributed by atoms with Crippen LogP contribution in [0.1, 0.15) is 43.5 Å². The number of rotatable bonds is 3. The number of carbonyl (C=O) groups is 1.